The Labute approximate surface area is 128 Å². The molecular formula is C17H30N2O2. The average molecular weight is 294 g/mol. The molecule has 2 rings (SSSR count). The van der Waals surface area contributed by atoms with Crippen molar-refractivity contribution >= 4 is 11.8 Å². The summed E-state index contributed by atoms with van der Waals surface area (Å²) in [6.45, 7) is 6.01. The first kappa shape index (κ1) is 16.3. The Kier molecular flexibility index (Phi) is 5.28. The maximum atomic E-state index is 13.0. The third kappa shape index (κ3) is 3.09. The molecule has 1 saturated carbocycles. The van der Waals surface area contributed by atoms with Gasteiger partial charge in [0.05, 0.1) is 0 Å². The molecule has 1 aliphatic heterocycles. The van der Waals surface area contributed by atoms with E-state index in [0.717, 1.165) is 25.7 Å². The number of piperazine rings is 1. The monoisotopic (exact) mass is 294 g/mol. The van der Waals surface area contributed by atoms with Gasteiger partial charge in [-0.1, -0.05) is 46.0 Å². The molecule has 2 aliphatic rings. The smallest absolute Gasteiger partial charge is 0.246 e. The zero-order valence-corrected chi connectivity index (χ0v) is 13.8. The van der Waals surface area contributed by atoms with Crippen LogP contribution in [0, 0.1) is 0 Å². The Balaban J connectivity index is 2.29. The summed E-state index contributed by atoms with van der Waals surface area (Å²) in [6.07, 6.45) is 9.30. The molecule has 4 heteroatoms. The molecule has 1 aliphatic carbocycles. The van der Waals surface area contributed by atoms with Crippen LogP contribution in [-0.4, -0.2) is 34.3 Å². The van der Waals surface area contributed by atoms with E-state index in [0.29, 0.717) is 6.42 Å². The lowest BCUT2D eigenvalue weighted by Gasteiger charge is -2.49. The van der Waals surface area contributed by atoms with Gasteiger partial charge in [0.25, 0.3) is 0 Å². The van der Waals surface area contributed by atoms with Crippen molar-refractivity contribution in [2.45, 2.75) is 96.2 Å². The molecule has 2 atom stereocenters. The standard InChI is InChI=1S/C17H30N2O2/c1-4-10-14-15(20)19(13-11-8-6-7-9-12-13)17(3,5-2)16(21)18-14/h13-14H,4-12H2,1-3H3,(H,18,21). The molecule has 2 unspecified atom stereocenters. The molecule has 0 aromatic rings. The average Bonchev–Trinajstić information content (AvgIpc) is 2.74. The Hall–Kier alpha value is -1.06. The van der Waals surface area contributed by atoms with Crippen molar-refractivity contribution in [2.24, 2.45) is 0 Å². The third-order valence-corrected chi connectivity index (χ3v) is 5.32. The van der Waals surface area contributed by atoms with Gasteiger partial charge in [0.1, 0.15) is 11.6 Å². The molecule has 2 fully saturated rings. The number of carbonyl (C=O) groups excluding carboxylic acids is 2. The highest BCUT2D eigenvalue weighted by Gasteiger charge is 2.50. The molecule has 0 aromatic carbocycles. The molecule has 120 valence electrons. The van der Waals surface area contributed by atoms with Gasteiger partial charge < -0.3 is 10.2 Å². The summed E-state index contributed by atoms with van der Waals surface area (Å²) in [5.74, 6) is 0.181. The maximum absolute atomic E-state index is 13.0. The van der Waals surface area contributed by atoms with Crippen LogP contribution in [0.5, 0.6) is 0 Å². The third-order valence-electron chi connectivity index (χ3n) is 5.32. The molecule has 1 N–H and O–H groups in total. The fourth-order valence-electron chi connectivity index (χ4n) is 3.81. The number of nitrogens with zero attached hydrogens (tertiary/aromatic N) is 1. The summed E-state index contributed by atoms with van der Waals surface area (Å²) < 4.78 is 0. The van der Waals surface area contributed by atoms with Crippen molar-refractivity contribution in [3.8, 4) is 0 Å². The van der Waals surface area contributed by atoms with Gasteiger partial charge in [0, 0.05) is 6.04 Å². The first-order valence-electron chi connectivity index (χ1n) is 8.68. The predicted molar refractivity (Wildman–Crippen MR) is 83.9 cm³/mol. The zero-order chi connectivity index (χ0) is 15.5. The van der Waals surface area contributed by atoms with E-state index in [1.165, 1.54) is 25.7 Å². The zero-order valence-electron chi connectivity index (χ0n) is 13.8. The minimum absolute atomic E-state index is 0.0345. The first-order chi connectivity index (χ1) is 10.0. The molecule has 0 bridgehead atoms. The van der Waals surface area contributed by atoms with Gasteiger partial charge in [-0.05, 0) is 32.6 Å². The molecular weight excluding hydrogens is 264 g/mol. The van der Waals surface area contributed by atoms with E-state index in [1.54, 1.807) is 0 Å². The molecule has 21 heavy (non-hydrogen) atoms. The normalized spacial score (nSPS) is 32.0. The Bertz CT molecular complexity index is 388. The van der Waals surface area contributed by atoms with Gasteiger partial charge in [-0.3, -0.25) is 9.59 Å². The fraction of sp³-hybridized carbons (Fsp3) is 0.882. The lowest BCUT2D eigenvalue weighted by molar-refractivity contribution is -0.161. The van der Waals surface area contributed by atoms with Gasteiger partial charge in [0.2, 0.25) is 11.8 Å². The van der Waals surface area contributed by atoms with Crippen molar-refractivity contribution in [3.05, 3.63) is 0 Å². The Morgan fingerprint density at radius 2 is 1.76 bits per heavy atom. The number of hydrogen-bond acceptors (Lipinski definition) is 2. The number of amides is 2. The minimum atomic E-state index is -0.670. The summed E-state index contributed by atoms with van der Waals surface area (Å²) in [5, 5.41) is 2.96. The van der Waals surface area contributed by atoms with Crippen LogP contribution in [0.3, 0.4) is 0 Å². The summed E-state index contributed by atoms with van der Waals surface area (Å²) >= 11 is 0. The van der Waals surface area contributed by atoms with Gasteiger partial charge in [-0.15, -0.1) is 0 Å². The first-order valence-corrected chi connectivity index (χ1v) is 8.68. The van der Waals surface area contributed by atoms with Crippen molar-refractivity contribution in [3.63, 3.8) is 0 Å². The van der Waals surface area contributed by atoms with E-state index < -0.39 is 5.54 Å². The van der Waals surface area contributed by atoms with Crippen molar-refractivity contribution in [1.82, 2.24) is 10.2 Å². The summed E-state index contributed by atoms with van der Waals surface area (Å²) in [7, 11) is 0. The van der Waals surface area contributed by atoms with Gasteiger partial charge >= 0.3 is 0 Å². The van der Waals surface area contributed by atoms with Gasteiger partial charge in [0.15, 0.2) is 0 Å². The van der Waals surface area contributed by atoms with Crippen molar-refractivity contribution in [2.75, 3.05) is 0 Å². The predicted octanol–water partition coefficient (Wildman–Crippen LogP) is 3.01. The number of hydrogen-bond donors (Lipinski definition) is 1. The molecule has 1 saturated heterocycles. The second-order valence-corrected chi connectivity index (χ2v) is 6.80. The van der Waals surface area contributed by atoms with Crippen LogP contribution in [-0.2, 0) is 9.59 Å². The van der Waals surface area contributed by atoms with Crippen molar-refractivity contribution in [1.29, 1.82) is 0 Å². The van der Waals surface area contributed by atoms with Crippen LogP contribution in [0.15, 0.2) is 0 Å². The van der Waals surface area contributed by atoms with Crippen LogP contribution < -0.4 is 5.32 Å². The molecule has 2 amide bonds. The van der Waals surface area contributed by atoms with Crippen LogP contribution in [0.4, 0.5) is 0 Å². The van der Waals surface area contributed by atoms with Gasteiger partial charge in [-0.2, -0.15) is 0 Å². The van der Waals surface area contributed by atoms with Crippen LogP contribution in [0.1, 0.15) is 78.6 Å². The second kappa shape index (κ2) is 6.80. The highest BCUT2D eigenvalue weighted by molar-refractivity contribution is 5.99. The lowest BCUT2D eigenvalue weighted by Crippen LogP contribution is -2.71. The Morgan fingerprint density at radius 1 is 1.14 bits per heavy atom. The summed E-state index contributed by atoms with van der Waals surface area (Å²) in [4.78, 5) is 27.5. The maximum Gasteiger partial charge on any atom is 0.246 e. The molecule has 0 radical (unpaired) electrons. The fourth-order valence-corrected chi connectivity index (χ4v) is 3.81. The number of carbonyl (C=O) groups is 2. The molecule has 0 aromatic heterocycles. The van der Waals surface area contributed by atoms with Crippen molar-refractivity contribution < 1.29 is 9.59 Å². The number of nitrogens with one attached hydrogen (secondary N) is 1. The quantitative estimate of drug-likeness (QED) is 0.810. The summed E-state index contributed by atoms with van der Waals surface area (Å²) in [6, 6.07) is -0.0688. The topological polar surface area (TPSA) is 49.4 Å². The van der Waals surface area contributed by atoms with Crippen LogP contribution >= 0.6 is 0 Å². The minimum Gasteiger partial charge on any atom is -0.342 e. The van der Waals surface area contributed by atoms with Crippen LogP contribution in [0.25, 0.3) is 0 Å². The highest BCUT2D eigenvalue weighted by atomic mass is 16.2. The van der Waals surface area contributed by atoms with E-state index in [1.807, 2.05) is 18.7 Å². The molecule has 4 nitrogen and oxygen atoms in total. The second-order valence-electron chi connectivity index (χ2n) is 6.80. The van der Waals surface area contributed by atoms with E-state index in [4.69, 9.17) is 0 Å². The van der Waals surface area contributed by atoms with E-state index in [-0.39, 0.29) is 23.9 Å². The molecule has 1 heterocycles. The van der Waals surface area contributed by atoms with E-state index in [2.05, 4.69) is 12.2 Å². The van der Waals surface area contributed by atoms with E-state index >= 15 is 0 Å². The highest BCUT2D eigenvalue weighted by Crippen LogP contribution is 2.33. The summed E-state index contributed by atoms with van der Waals surface area (Å²) in [5.41, 5.74) is -0.670. The lowest BCUT2D eigenvalue weighted by atomic mass is 9.86. The van der Waals surface area contributed by atoms with Crippen LogP contribution in [0.2, 0.25) is 0 Å². The van der Waals surface area contributed by atoms with E-state index in [9.17, 15) is 9.59 Å². The molecule has 0 spiro atoms. The van der Waals surface area contributed by atoms with Gasteiger partial charge in [-0.25, -0.2) is 0 Å². The largest absolute Gasteiger partial charge is 0.342 e. The Morgan fingerprint density at radius 3 is 2.29 bits per heavy atom. The SMILES string of the molecule is CCCC1NC(=O)C(C)(CC)N(C2CCCCCC2)C1=O. The number of rotatable bonds is 4.